The summed E-state index contributed by atoms with van der Waals surface area (Å²) >= 11 is 0. The third-order valence-corrected chi connectivity index (χ3v) is 5.15. The van der Waals surface area contributed by atoms with Gasteiger partial charge in [0.25, 0.3) is 0 Å². The third kappa shape index (κ3) is 3.02. The van der Waals surface area contributed by atoms with Gasteiger partial charge in [0, 0.05) is 29.7 Å². The van der Waals surface area contributed by atoms with E-state index in [1.54, 1.807) is 0 Å². The first-order valence-electron chi connectivity index (χ1n) is 8.84. The van der Waals surface area contributed by atoms with Crippen molar-refractivity contribution >= 4 is 16.5 Å². The highest BCUT2D eigenvalue weighted by molar-refractivity contribution is 5.85. The van der Waals surface area contributed by atoms with Crippen LogP contribution in [0.25, 0.3) is 16.5 Å². The first-order valence-corrected chi connectivity index (χ1v) is 8.84. The quantitative estimate of drug-likeness (QED) is 0.707. The summed E-state index contributed by atoms with van der Waals surface area (Å²) in [5, 5.41) is 5.04. The predicted octanol–water partition coefficient (Wildman–Crippen LogP) is 4.85. The highest BCUT2D eigenvalue weighted by atomic mass is 14.9. The third-order valence-electron chi connectivity index (χ3n) is 5.15. The summed E-state index contributed by atoms with van der Waals surface area (Å²) in [5.41, 5.74) is 6.91. The van der Waals surface area contributed by atoms with E-state index < -0.39 is 0 Å². The fourth-order valence-corrected chi connectivity index (χ4v) is 3.77. The van der Waals surface area contributed by atoms with E-state index in [-0.39, 0.29) is 0 Å². The molecule has 0 amide bonds. The molecule has 3 aromatic rings. The number of aromatic amines is 1. The Morgan fingerprint density at radius 3 is 2.79 bits per heavy atom. The Morgan fingerprint density at radius 1 is 1.04 bits per heavy atom. The summed E-state index contributed by atoms with van der Waals surface area (Å²) in [4.78, 5) is 3.37. The summed E-state index contributed by atoms with van der Waals surface area (Å²) in [6, 6.07) is 18.1. The number of benzene rings is 2. The molecule has 0 aliphatic carbocycles. The minimum Gasteiger partial charge on any atom is -0.361 e. The molecule has 0 saturated heterocycles. The lowest BCUT2D eigenvalue weighted by Gasteiger charge is -2.25. The second kappa shape index (κ2) is 6.66. The van der Waals surface area contributed by atoms with Crippen molar-refractivity contribution in [3.63, 3.8) is 0 Å². The van der Waals surface area contributed by atoms with Crippen LogP contribution in [-0.4, -0.2) is 17.6 Å². The molecule has 24 heavy (non-hydrogen) atoms. The van der Waals surface area contributed by atoms with Crippen molar-refractivity contribution in [1.82, 2.24) is 10.3 Å². The molecule has 1 aliphatic rings. The molecule has 122 valence electrons. The maximum absolute atomic E-state index is 3.66. The number of fused-ring (bicyclic) bond motifs is 1. The minimum atomic E-state index is 0.556. The average Bonchev–Trinajstić information content (AvgIpc) is 3.13. The van der Waals surface area contributed by atoms with Gasteiger partial charge in [0.15, 0.2) is 0 Å². The Balaban J connectivity index is 1.45. The normalized spacial score (nSPS) is 17.9. The molecular weight excluding hydrogens is 292 g/mol. The number of nitrogens with one attached hydrogen (secondary N) is 2. The average molecular weight is 316 g/mol. The van der Waals surface area contributed by atoms with Gasteiger partial charge in [-0.2, -0.15) is 0 Å². The van der Waals surface area contributed by atoms with Gasteiger partial charge in [0.05, 0.1) is 0 Å². The van der Waals surface area contributed by atoms with Crippen molar-refractivity contribution in [2.24, 2.45) is 0 Å². The Morgan fingerprint density at radius 2 is 1.92 bits per heavy atom. The molecule has 2 aromatic carbocycles. The maximum Gasteiger partial charge on any atom is 0.0486 e. The van der Waals surface area contributed by atoms with Gasteiger partial charge in [-0.05, 0) is 54.5 Å². The molecular formula is C22H24N2. The molecule has 1 atom stereocenters. The molecule has 0 fully saturated rings. The number of aryl methyl sites for hydroxylation is 2. The minimum absolute atomic E-state index is 0.556. The number of rotatable bonds is 4. The van der Waals surface area contributed by atoms with Crippen LogP contribution in [0.4, 0.5) is 0 Å². The second-order valence-electron chi connectivity index (χ2n) is 6.75. The topological polar surface area (TPSA) is 27.8 Å². The van der Waals surface area contributed by atoms with Crippen molar-refractivity contribution in [2.75, 3.05) is 6.54 Å². The number of H-pyrrole nitrogens is 1. The maximum atomic E-state index is 3.66. The van der Waals surface area contributed by atoms with Gasteiger partial charge >= 0.3 is 0 Å². The zero-order valence-electron chi connectivity index (χ0n) is 14.2. The van der Waals surface area contributed by atoms with E-state index in [9.17, 15) is 0 Å². The number of hydrogen-bond acceptors (Lipinski definition) is 1. The van der Waals surface area contributed by atoms with Crippen LogP contribution in [0.15, 0.2) is 60.8 Å². The van der Waals surface area contributed by atoms with E-state index in [1.807, 2.05) is 0 Å². The van der Waals surface area contributed by atoms with E-state index in [1.165, 1.54) is 39.6 Å². The van der Waals surface area contributed by atoms with Gasteiger partial charge in [-0.15, -0.1) is 0 Å². The molecule has 1 aromatic heterocycles. The van der Waals surface area contributed by atoms with Crippen LogP contribution in [0.1, 0.15) is 29.5 Å². The van der Waals surface area contributed by atoms with Crippen molar-refractivity contribution in [3.8, 4) is 0 Å². The van der Waals surface area contributed by atoms with Gasteiger partial charge in [-0.1, -0.05) is 48.5 Å². The van der Waals surface area contributed by atoms with Crippen molar-refractivity contribution in [2.45, 2.75) is 32.2 Å². The largest absolute Gasteiger partial charge is 0.361 e. The van der Waals surface area contributed by atoms with Crippen LogP contribution in [0, 0.1) is 6.92 Å². The van der Waals surface area contributed by atoms with Gasteiger partial charge in [0.1, 0.15) is 0 Å². The van der Waals surface area contributed by atoms with E-state index in [0.717, 1.165) is 19.4 Å². The molecule has 2 N–H and O–H groups in total. The molecule has 2 heterocycles. The fourth-order valence-electron chi connectivity index (χ4n) is 3.77. The van der Waals surface area contributed by atoms with Gasteiger partial charge < -0.3 is 10.3 Å². The fraction of sp³-hybridized carbons (Fsp3) is 0.273. The Kier molecular flexibility index (Phi) is 4.22. The smallest absolute Gasteiger partial charge is 0.0486 e. The Bertz CT molecular complexity index is 858. The summed E-state index contributed by atoms with van der Waals surface area (Å²) in [6.07, 6.45) is 7.80. The van der Waals surface area contributed by atoms with Crippen LogP contribution in [0.3, 0.4) is 0 Å². The van der Waals surface area contributed by atoms with Crippen molar-refractivity contribution < 1.29 is 0 Å². The monoisotopic (exact) mass is 316 g/mol. The molecule has 0 radical (unpaired) electrons. The molecule has 0 spiro atoms. The lowest BCUT2D eigenvalue weighted by atomic mass is 9.91. The van der Waals surface area contributed by atoms with Gasteiger partial charge in [0.2, 0.25) is 0 Å². The predicted molar refractivity (Wildman–Crippen MR) is 102 cm³/mol. The first kappa shape index (κ1) is 15.2. The molecule has 4 rings (SSSR count). The molecule has 1 unspecified atom stereocenters. The summed E-state index contributed by atoms with van der Waals surface area (Å²) in [7, 11) is 0. The van der Waals surface area contributed by atoms with E-state index in [4.69, 9.17) is 0 Å². The van der Waals surface area contributed by atoms with E-state index in [0.29, 0.717) is 6.04 Å². The first-order chi connectivity index (χ1) is 11.8. The molecule has 1 aliphatic heterocycles. The lowest BCUT2D eigenvalue weighted by molar-refractivity contribution is 0.502. The highest BCUT2D eigenvalue weighted by Crippen LogP contribution is 2.26. The SMILES string of the molecule is Cc1ccc(CCC2CC(c3ccccc3)=CCN2)c2cc[nH]c12. The number of hydrogen-bond donors (Lipinski definition) is 2. The summed E-state index contributed by atoms with van der Waals surface area (Å²) in [6.45, 7) is 3.14. The van der Waals surface area contributed by atoms with Crippen LogP contribution in [-0.2, 0) is 6.42 Å². The van der Waals surface area contributed by atoms with Crippen LogP contribution in [0.5, 0.6) is 0 Å². The van der Waals surface area contributed by atoms with Gasteiger partial charge in [-0.3, -0.25) is 0 Å². The Labute approximate surface area is 143 Å². The molecule has 0 bridgehead atoms. The molecule has 0 saturated carbocycles. The highest BCUT2D eigenvalue weighted by Gasteiger charge is 2.16. The zero-order valence-corrected chi connectivity index (χ0v) is 14.2. The van der Waals surface area contributed by atoms with Gasteiger partial charge in [-0.25, -0.2) is 0 Å². The second-order valence-corrected chi connectivity index (χ2v) is 6.75. The lowest BCUT2D eigenvalue weighted by Crippen LogP contribution is -2.33. The van der Waals surface area contributed by atoms with Crippen molar-refractivity contribution in [1.29, 1.82) is 0 Å². The van der Waals surface area contributed by atoms with Crippen LogP contribution in [0.2, 0.25) is 0 Å². The van der Waals surface area contributed by atoms with Crippen LogP contribution >= 0.6 is 0 Å². The number of aromatic nitrogens is 1. The van der Waals surface area contributed by atoms with E-state index >= 15 is 0 Å². The Hall–Kier alpha value is -2.32. The summed E-state index contributed by atoms with van der Waals surface area (Å²) in [5.74, 6) is 0. The molecule has 2 heteroatoms. The summed E-state index contributed by atoms with van der Waals surface area (Å²) < 4.78 is 0. The van der Waals surface area contributed by atoms with Crippen molar-refractivity contribution in [3.05, 3.63) is 77.5 Å². The standard InChI is InChI=1S/C22H24N2/c1-16-7-8-18(21-12-14-24-22(16)21)9-10-20-15-19(11-13-23-20)17-5-3-2-4-6-17/h2-8,11-12,14,20,23-24H,9-10,13,15H2,1H3. The zero-order chi connectivity index (χ0) is 16.4. The van der Waals surface area contributed by atoms with E-state index in [2.05, 4.69) is 78.0 Å². The molecule has 2 nitrogen and oxygen atoms in total. The van der Waals surface area contributed by atoms with Crippen LogP contribution < -0.4 is 5.32 Å².